The summed E-state index contributed by atoms with van der Waals surface area (Å²) < 4.78 is 1.42. The average Bonchev–Trinajstić information content (AvgIpc) is 2.97. The number of benzene rings is 2. The Morgan fingerprint density at radius 1 is 1.10 bits per heavy atom. The molecule has 2 aromatic carbocycles. The molecule has 1 spiro atoms. The number of hydrogen-bond donors (Lipinski definition) is 2. The smallest absolute Gasteiger partial charge is 0.262 e. The van der Waals surface area contributed by atoms with Crippen molar-refractivity contribution in [1.29, 1.82) is 0 Å². The molecule has 0 radical (unpaired) electrons. The average molecular weight is 441 g/mol. The third kappa shape index (κ3) is 1.88. The van der Waals surface area contributed by atoms with Crippen LogP contribution in [0.3, 0.4) is 0 Å². The topological polar surface area (TPSA) is 93.1 Å². The SMILES string of the molecule is C[C@@]12NC(=O)[C@H](C[C@]13C(=O)Nc1ccc(Cl)cc13)n1c2nc2ccc(Cl)cc2c1=O. The van der Waals surface area contributed by atoms with Crippen LogP contribution in [0.15, 0.2) is 41.2 Å². The molecule has 1 saturated heterocycles. The van der Waals surface area contributed by atoms with Crippen molar-refractivity contribution in [2.24, 2.45) is 0 Å². The number of amides is 2. The number of rotatable bonds is 0. The van der Waals surface area contributed by atoms with Crippen molar-refractivity contribution in [2.45, 2.75) is 30.3 Å². The fraction of sp³-hybridized carbons (Fsp3) is 0.238. The Bertz CT molecular complexity index is 1400. The highest BCUT2D eigenvalue weighted by molar-refractivity contribution is 6.31. The van der Waals surface area contributed by atoms with E-state index in [9.17, 15) is 14.4 Å². The van der Waals surface area contributed by atoms with Crippen molar-refractivity contribution in [3.63, 3.8) is 0 Å². The molecule has 4 aliphatic heterocycles. The fourth-order valence-corrected chi connectivity index (χ4v) is 5.66. The number of piperidine rings is 1. The van der Waals surface area contributed by atoms with E-state index in [2.05, 4.69) is 10.6 Å². The molecule has 2 N–H and O–H groups in total. The van der Waals surface area contributed by atoms with Crippen LogP contribution in [0.25, 0.3) is 10.9 Å². The summed E-state index contributed by atoms with van der Waals surface area (Å²) in [6.07, 6.45) is 0.134. The molecule has 7 nitrogen and oxygen atoms in total. The van der Waals surface area contributed by atoms with Crippen molar-refractivity contribution in [2.75, 3.05) is 5.32 Å². The van der Waals surface area contributed by atoms with Gasteiger partial charge in [-0.25, -0.2) is 4.98 Å². The van der Waals surface area contributed by atoms with Crippen LogP contribution in [0.2, 0.25) is 10.0 Å². The number of nitrogens with zero attached hydrogens (tertiary/aromatic N) is 2. The number of nitrogens with one attached hydrogen (secondary N) is 2. The zero-order valence-corrected chi connectivity index (χ0v) is 17.1. The quantitative estimate of drug-likeness (QED) is 0.561. The lowest BCUT2D eigenvalue weighted by Crippen LogP contribution is -2.72. The lowest BCUT2D eigenvalue weighted by molar-refractivity contribution is -0.142. The molecule has 3 atom stereocenters. The number of carbonyl (C=O) groups excluding carboxylic acids is 2. The maximum Gasteiger partial charge on any atom is 0.262 e. The minimum atomic E-state index is -1.24. The second kappa shape index (κ2) is 5.42. The first-order valence-corrected chi connectivity index (χ1v) is 10.2. The van der Waals surface area contributed by atoms with Gasteiger partial charge in [0, 0.05) is 15.7 Å². The van der Waals surface area contributed by atoms with Gasteiger partial charge in [-0.05, 0) is 55.3 Å². The van der Waals surface area contributed by atoms with E-state index >= 15 is 0 Å². The molecule has 2 amide bonds. The summed E-state index contributed by atoms with van der Waals surface area (Å²) >= 11 is 12.3. The predicted molar refractivity (Wildman–Crippen MR) is 112 cm³/mol. The van der Waals surface area contributed by atoms with Gasteiger partial charge in [0.25, 0.3) is 5.56 Å². The highest BCUT2D eigenvalue weighted by Gasteiger charge is 2.69. The third-order valence-corrected chi connectivity index (χ3v) is 7.20. The zero-order chi connectivity index (χ0) is 21.0. The zero-order valence-electron chi connectivity index (χ0n) is 15.6. The van der Waals surface area contributed by atoms with Crippen LogP contribution in [0.4, 0.5) is 5.69 Å². The van der Waals surface area contributed by atoms with Gasteiger partial charge in [-0.3, -0.25) is 19.0 Å². The first-order valence-electron chi connectivity index (χ1n) is 9.42. The van der Waals surface area contributed by atoms with Crippen LogP contribution in [0.5, 0.6) is 0 Å². The van der Waals surface area contributed by atoms with Gasteiger partial charge in [-0.2, -0.15) is 0 Å². The summed E-state index contributed by atoms with van der Waals surface area (Å²) in [5, 5.41) is 7.14. The van der Waals surface area contributed by atoms with Crippen molar-refractivity contribution in [3.8, 4) is 0 Å². The number of hydrogen-bond acceptors (Lipinski definition) is 4. The van der Waals surface area contributed by atoms with Gasteiger partial charge in [0.05, 0.1) is 10.9 Å². The van der Waals surface area contributed by atoms with E-state index in [1.807, 2.05) is 0 Å². The number of anilines is 1. The maximum absolute atomic E-state index is 13.4. The van der Waals surface area contributed by atoms with E-state index in [1.54, 1.807) is 43.3 Å². The van der Waals surface area contributed by atoms with E-state index in [-0.39, 0.29) is 23.8 Å². The summed E-state index contributed by atoms with van der Waals surface area (Å²) in [5.41, 5.74) is -0.920. The molecular weight excluding hydrogens is 427 g/mol. The number of carbonyl (C=O) groups is 2. The number of fused-ring (bicyclic) bond motifs is 3. The maximum atomic E-state index is 13.4. The van der Waals surface area contributed by atoms with Crippen molar-refractivity contribution in [1.82, 2.24) is 14.9 Å². The molecule has 1 aromatic heterocycles. The molecule has 150 valence electrons. The molecule has 1 fully saturated rings. The van der Waals surface area contributed by atoms with Crippen molar-refractivity contribution in [3.05, 3.63) is 68.2 Å². The van der Waals surface area contributed by atoms with Crippen LogP contribution < -0.4 is 16.2 Å². The normalized spacial score (nSPS) is 28.4. The second-order valence-corrected chi connectivity index (χ2v) is 9.03. The summed E-state index contributed by atoms with van der Waals surface area (Å²) in [7, 11) is 0. The molecule has 7 rings (SSSR count). The molecule has 9 heteroatoms. The predicted octanol–water partition coefficient (Wildman–Crippen LogP) is 2.88. The molecular formula is C21H14Cl2N4O3. The first kappa shape index (κ1) is 17.9. The molecule has 0 saturated carbocycles. The fourth-order valence-electron chi connectivity index (χ4n) is 5.32. The van der Waals surface area contributed by atoms with E-state index < -0.39 is 17.0 Å². The van der Waals surface area contributed by atoms with Crippen LogP contribution in [-0.4, -0.2) is 21.4 Å². The van der Waals surface area contributed by atoms with E-state index in [1.165, 1.54) is 4.57 Å². The summed E-state index contributed by atoms with van der Waals surface area (Å²) in [6.45, 7) is 1.75. The molecule has 30 heavy (non-hydrogen) atoms. The molecule has 5 heterocycles. The highest BCUT2D eigenvalue weighted by Crippen LogP contribution is 2.58. The molecule has 0 aliphatic carbocycles. The number of halogens is 2. The Morgan fingerprint density at radius 2 is 1.83 bits per heavy atom. The monoisotopic (exact) mass is 440 g/mol. The largest absolute Gasteiger partial charge is 0.340 e. The van der Waals surface area contributed by atoms with E-state index in [0.717, 1.165) is 0 Å². The molecule has 2 bridgehead atoms. The van der Waals surface area contributed by atoms with Crippen LogP contribution in [-0.2, 0) is 20.5 Å². The Labute approximate surface area is 180 Å². The van der Waals surface area contributed by atoms with Crippen LogP contribution in [0, 0.1) is 0 Å². The van der Waals surface area contributed by atoms with Crippen molar-refractivity contribution < 1.29 is 9.59 Å². The molecule has 4 aliphatic rings. The Balaban J connectivity index is 1.73. The second-order valence-electron chi connectivity index (χ2n) is 8.16. The van der Waals surface area contributed by atoms with Gasteiger partial charge in [0.1, 0.15) is 22.8 Å². The Kier molecular flexibility index (Phi) is 3.23. The van der Waals surface area contributed by atoms with Crippen LogP contribution >= 0.6 is 23.2 Å². The first-order chi connectivity index (χ1) is 14.3. The number of aromatic nitrogens is 2. The van der Waals surface area contributed by atoms with E-state index in [4.69, 9.17) is 28.2 Å². The summed E-state index contributed by atoms with van der Waals surface area (Å²) in [6, 6.07) is 9.20. The molecule has 3 aromatic rings. The summed E-state index contributed by atoms with van der Waals surface area (Å²) in [5.74, 6) is -0.214. The van der Waals surface area contributed by atoms with Gasteiger partial charge in [0.15, 0.2) is 0 Å². The Morgan fingerprint density at radius 3 is 2.63 bits per heavy atom. The standard InChI is InChI=1S/C21H14Cl2N4O3/c1-20-18-24-13-4-2-9(22)6-11(13)17(29)27(18)15(16(28)26-20)8-21(20)12-7-10(23)3-5-14(12)25-19(21)30/h2-7,15H,8H2,1H3,(H,25,30)(H,26,28)/t15-,20-,21-/m0/s1. The highest BCUT2D eigenvalue weighted by atomic mass is 35.5. The third-order valence-electron chi connectivity index (χ3n) is 6.73. The lowest BCUT2D eigenvalue weighted by atomic mass is 9.58. The minimum absolute atomic E-state index is 0.134. The lowest BCUT2D eigenvalue weighted by Gasteiger charge is -2.55. The van der Waals surface area contributed by atoms with Crippen LogP contribution in [0.1, 0.15) is 30.8 Å². The van der Waals surface area contributed by atoms with Gasteiger partial charge in [0.2, 0.25) is 11.8 Å². The molecule has 0 unspecified atom stereocenters. The van der Waals surface area contributed by atoms with Crippen molar-refractivity contribution >= 4 is 51.6 Å². The van der Waals surface area contributed by atoms with E-state index in [0.29, 0.717) is 38.0 Å². The van der Waals surface area contributed by atoms with Gasteiger partial charge in [-0.1, -0.05) is 23.2 Å². The minimum Gasteiger partial charge on any atom is -0.340 e. The van der Waals surface area contributed by atoms with Gasteiger partial charge >= 0.3 is 0 Å². The van der Waals surface area contributed by atoms with Gasteiger partial charge in [-0.15, -0.1) is 0 Å². The van der Waals surface area contributed by atoms with Gasteiger partial charge < -0.3 is 10.6 Å². The Hall–Kier alpha value is -2.90. The summed E-state index contributed by atoms with van der Waals surface area (Å²) in [4.78, 5) is 44.4.